The molecule has 2 rings (SSSR count). The van der Waals surface area contributed by atoms with Gasteiger partial charge in [0.1, 0.15) is 0 Å². The SMILES string of the molecule is CCN(CCC(=O)Nc1cc(S(=O)(=O)N(C)C)ccc1Cl)c1ccc(F)c(F)c1. The largest absolute Gasteiger partial charge is 0.371 e. The topological polar surface area (TPSA) is 69.7 Å². The van der Waals surface area contributed by atoms with Crippen LogP contribution in [0, 0.1) is 11.6 Å². The van der Waals surface area contributed by atoms with Crippen LogP contribution in [0.2, 0.25) is 5.02 Å². The molecule has 0 unspecified atom stereocenters. The second-order valence-electron chi connectivity index (χ2n) is 6.41. The number of benzene rings is 2. The maximum atomic E-state index is 13.4. The van der Waals surface area contributed by atoms with Gasteiger partial charge in [0, 0.05) is 45.4 Å². The Morgan fingerprint density at radius 1 is 1.10 bits per heavy atom. The molecule has 0 radical (unpaired) electrons. The summed E-state index contributed by atoms with van der Waals surface area (Å²) < 4.78 is 52.1. The van der Waals surface area contributed by atoms with E-state index in [1.54, 1.807) is 4.90 Å². The number of anilines is 2. The molecule has 29 heavy (non-hydrogen) atoms. The van der Waals surface area contributed by atoms with E-state index < -0.39 is 27.6 Å². The first-order chi connectivity index (χ1) is 13.6. The van der Waals surface area contributed by atoms with Gasteiger partial charge in [0.2, 0.25) is 15.9 Å². The standard InChI is InChI=1S/C19H22ClF2N3O3S/c1-4-25(13-5-8-16(21)17(22)11-13)10-9-19(26)23-18-12-14(6-7-15(18)20)29(27,28)24(2)3/h5-8,11-12H,4,9-10H2,1-3H3,(H,23,26). The lowest BCUT2D eigenvalue weighted by Crippen LogP contribution is -2.28. The van der Waals surface area contributed by atoms with Crippen LogP contribution in [0.25, 0.3) is 0 Å². The summed E-state index contributed by atoms with van der Waals surface area (Å²) in [5, 5.41) is 2.80. The van der Waals surface area contributed by atoms with Crippen LogP contribution in [0.5, 0.6) is 0 Å². The first kappa shape index (κ1) is 23.1. The fraction of sp³-hybridized carbons (Fsp3) is 0.316. The highest BCUT2D eigenvalue weighted by atomic mass is 35.5. The molecule has 1 N–H and O–H groups in total. The van der Waals surface area contributed by atoms with Gasteiger partial charge in [-0.05, 0) is 37.3 Å². The highest BCUT2D eigenvalue weighted by Gasteiger charge is 2.19. The highest BCUT2D eigenvalue weighted by molar-refractivity contribution is 7.89. The van der Waals surface area contributed by atoms with Crippen LogP contribution in [-0.4, -0.2) is 45.8 Å². The lowest BCUT2D eigenvalue weighted by atomic mass is 10.2. The van der Waals surface area contributed by atoms with Crippen molar-refractivity contribution >= 4 is 38.9 Å². The molecule has 0 aliphatic heterocycles. The second kappa shape index (κ2) is 9.51. The average Bonchev–Trinajstić information content (AvgIpc) is 2.66. The predicted octanol–water partition coefficient (Wildman–Crippen LogP) is 3.72. The van der Waals surface area contributed by atoms with Crippen LogP contribution in [0.3, 0.4) is 0 Å². The number of carbonyl (C=O) groups is 1. The molecule has 0 bridgehead atoms. The maximum Gasteiger partial charge on any atom is 0.242 e. The van der Waals surface area contributed by atoms with Crippen LogP contribution in [0.1, 0.15) is 13.3 Å². The Morgan fingerprint density at radius 2 is 1.79 bits per heavy atom. The second-order valence-corrected chi connectivity index (χ2v) is 8.96. The Labute approximate surface area is 174 Å². The summed E-state index contributed by atoms with van der Waals surface area (Å²) in [7, 11) is -0.871. The third-order valence-corrected chi connectivity index (χ3v) is 6.39. The Bertz CT molecular complexity index is 1000. The fourth-order valence-electron chi connectivity index (χ4n) is 2.57. The zero-order valence-electron chi connectivity index (χ0n) is 16.2. The number of halogens is 3. The zero-order valence-corrected chi connectivity index (χ0v) is 17.8. The van der Waals surface area contributed by atoms with Crippen LogP contribution in [-0.2, 0) is 14.8 Å². The Hall–Kier alpha value is -2.23. The smallest absolute Gasteiger partial charge is 0.242 e. The van der Waals surface area contributed by atoms with E-state index in [2.05, 4.69) is 5.32 Å². The average molecular weight is 446 g/mol. The van der Waals surface area contributed by atoms with E-state index in [0.29, 0.717) is 12.2 Å². The van der Waals surface area contributed by atoms with Gasteiger partial charge >= 0.3 is 0 Å². The molecule has 158 valence electrons. The number of nitrogens with one attached hydrogen (secondary N) is 1. The van der Waals surface area contributed by atoms with Gasteiger partial charge in [-0.1, -0.05) is 11.6 Å². The molecule has 0 fully saturated rings. The molecule has 0 aliphatic carbocycles. The quantitative estimate of drug-likeness (QED) is 0.672. The van der Waals surface area contributed by atoms with Crippen molar-refractivity contribution in [3.8, 4) is 0 Å². The number of amides is 1. The summed E-state index contributed by atoms with van der Waals surface area (Å²) in [6.45, 7) is 2.56. The fourth-order valence-corrected chi connectivity index (χ4v) is 3.67. The molecule has 6 nitrogen and oxygen atoms in total. The van der Waals surface area contributed by atoms with E-state index in [4.69, 9.17) is 11.6 Å². The van der Waals surface area contributed by atoms with E-state index in [-0.39, 0.29) is 28.6 Å². The van der Waals surface area contributed by atoms with Crippen molar-refractivity contribution in [2.75, 3.05) is 37.4 Å². The van der Waals surface area contributed by atoms with Crippen LogP contribution < -0.4 is 10.2 Å². The summed E-state index contributed by atoms with van der Waals surface area (Å²) in [6, 6.07) is 7.59. The van der Waals surface area contributed by atoms with Crippen LogP contribution in [0.15, 0.2) is 41.3 Å². The summed E-state index contributed by atoms with van der Waals surface area (Å²) in [6.07, 6.45) is 0.0355. The molecule has 0 aliphatic rings. The minimum atomic E-state index is -3.68. The monoisotopic (exact) mass is 445 g/mol. The molecule has 0 heterocycles. The normalized spacial score (nSPS) is 11.6. The van der Waals surface area contributed by atoms with Crippen molar-refractivity contribution in [3.63, 3.8) is 0 Å². The first-order valence-electron chi connectivity index (χ1n) is 8.78. The first-order valence-corrected chi connectivity index (χ1v) is 10.6. The summed E-state index contributed by atoms with van der Waals surface area (Å²) >= 11 is 6.08. The minimum absolute atomic E-state index is 0.000767. The van der Waals surface area contributed by atoms with Crippen molar-refractivity contribution in [1.82, 2.24) is 4.31 Å². The molecule has 10 heteroatoms. The Kier molecular flexibility index (Phi) is 7.56. The van der Waals surface area contributed by atoms with E-state index in [1.807, 2.05) is 6.92 Å². The van der Waals surface area contributed by atoms with Crippen molar-refractivity contribution in [2.24, 2.45) is 0 Å². The molecule has 0 saturated carbocycles. The number of hydrogen-bond acceptors (Lipinski definition) is 4. The molecule has 0 spiro atoms. The summed E-state index contributed by atoms with van der Waals surface area (Å²) in [4.78, 5) is 14.1. The summed E-state index contributed by atoms with van der Waals surface area (Å²) in [5.41, 5.74) is 0.631. The Balaban J connectivity index is 2.09. The molecule has 1 amide bonds. The van der Waals surface area contributed by atoms with E-state index in [9.17, 15) is 22.0 Å². The van der Waals surface area contributed by atoms with Gasteiger partial charge in [0.05, 0.1) is 15.6 Å². The molecule has 0 atom stereocenters. The Morgan fingerprint density at radius 3 is 2.38 bits per heavy atom. The van der Waals surface area contributed by atoms with Crippen molar-refractivity contribution in [3.05, 3.63) is 53.1 Å². The van der Waals surface area contributed by atoms with E-state index in [1.165, 1.54) is 38.4 Å². The van der Waals surface area contributed by atoms with Crippen LogP contribution in [0.4, 0.5) is 20.2 Å². The van der Waals surface area contributed by atoms with E-state index in [0.717, 1.165) is 16.4 Å². The number of rotatable bonds is 8. The van der Waals surface area contributed by atoms with Gasteiger partial charge < -0.3 is 10.2 Å². The van der Waals surface area contributed by atoms with Crippen molar-refractivity contribution < 1.29 is 22.0 Å². The number of sulfonamides is 1. The molecule has 2 aromatic rings. The lowest BCUT2D eigenvalue weighted by Gasteiger charge is -2.23. The molecular weight excluding hydrogens is 424 g/mol. The molecule has 0 saturated heterocycles. The molecule has 2 aromatic carbocycles. The third-order valence-electron chi connectivity index (χ3n) is 4.25. The van der Waals surface area contributed by atoms with Crippen molar-refractivity contribution in [2.45, 2.75) is 18.2 Å². The minimum Gasteiger partial charge on any atom is -0.371 e. The summed E-state index contributed by atoms with van der Waals surface area (Å²) in [5.74, 6) is -2.30. The van der Waals surface area contributed by atoms with Gasteiger partial charge in [0.25, 0.3) is 0 Å². The number of hydrogen-bond donors (Lipinski definition) is 1. The van der Waals surface area contributed by atoms with Gasteiger partial charge in [-0.25, -0.2) is 21.5 Å². The molecular formula is C19H22ClF2N3O3S. The predicted molar refractivity (Wildman–Crippen MR) is 110 cm³/mol. The lowest BCUT2D eigenvalue weighted by molar-refractivity contribution is -0.116. The van der Waals surface area contributed by atoms with Crippen molar-refractivity contribution in [1.29, 1.82) is 0 Å². The number of carbonyl (C=O) groups excluding carboxylic acids is 1. The maximum absolute atomic E-state index is 13.4. The molecule has 0 aromatic heterocycles. The van der Waals surface area contributed by atoms with Gasteiger partial charge in [-0.3, -0.25) is 4.79 Å². The van der Waals surface area contributed by atoms with Crippen LogP contribution >= 0.6 is 11.6 Å². The van der Waals surface area contributed by atoms with Gasteiger partial charge in [-0.2, -0.15) is 0 Å². The van der Waals surface area contributed by atoms with Gasteiger partial charge in [0.15, 0.2) is 11.6 Å². The third kappa shape index (κ3) is 5.65. The highest BCUT2D eigenvalue weighted by Crippen LogP contribution is 2.26. The van der Waals surface area contributed by atoms with Gasteiger partial charge in [-0.15, -0.1) is 0 Å². The van der Waals surface area contributed by atoms with E-state index >= 15 is 0 Å². The zero-order chi connectivity index (χ0) is 21.8. The number of nitrogens with zero attached hydrogens (tertiary/aromatic N) is 2.